The maximum absolute atomic E-state index is 8.27. The standard InChI is InChI=1S/C7H7BrN2O2/c1-12-7-2-5(8)3-9-6(7)4-10-11/h2-4,11H,1H3. The topological polar surface area (TPSA) is 54.7 Å². The van der Waals surface area contributed by atoms with Gasteiger partial charge in [0.05, 0.1) is 13.3 Å². The predicted octanol–water partition coefficient (Wildman–Crippen LogP) is 1.66. The highest BCUT2D eigenvalue weighted by Gasteiger charge is 2.01. The first-order chi connectivity index (χ1) is 5.77. The van der Waals surface area contributed by atoms with Gasteiger partial charge in [0, 0.05) is 10.7 Å². The molecule has 0 unspecified atom stereocenters. The van der Waals surface area contributed by atoms with E-state index in [0.717, 1.165) is 4.47 Å². The van der Waals surface area contributed by atoms with Gasteiger partial charge in [-0.1, -0.05) is 5.16 Å². The largest absolute Gasteiger partial charge is 0.494 e. The zero-order valence-electron chi connectivity index (χ0n) is 6.36. The van der Waals surface area contributed by atoms with Crippen LogP contribution in [0, 0.1) is 0 Å². The molecule has 1 aromatic heterocycles. The van der Waals surface area contributed by atoms with Crippen LogP contribution in [-0.2, 0) is 0 Å². The Labute approximate surface area is 78.0 Å². The fourth-order valence-corrected chi connectivity index (χ4v) is 1.06. The minimum Gasteiger partial charge on any atom is -0.494 e. The zero-order chi connectivity index (χ0) is 8.97. The third-order valence-corrected chi connectivity index (χ3v) is 1.68. The molecule has 0 radical (unpaired) electrons. The van der Waals surface area contributed by atoms with Gasteiger partial charge >= 0.3 is 0 Å². The van der Waals surface area contributed by atoms with Gasteiger partial charge in [-0.3, -0.25) is 4.98 Å². The van der Waals surface area contributed by atoms with E-state index in [0.29, 0.717) is 11.4 Å². The Morgan fingerprint density at radius 3 is 3.08 bits per heavy atom. The summed E-state index contributed by atoms with van der Waals surface area (Å²) in [6, 6.07) is 1.74. The van der Waals surface area contributed by atoms with Crippen LogP contribution in [0.5, 0.6) is 5.75 Å². The summed E-state index contributed by atoms with van der Waals surface area (Å²) in [5.41, 5.74) is 0.489. The lowest BCUT2D eigenvalue weighted by Crippen LogP contribution is -1.94. The molecule has 12 heavy (non-hydrogen) atoms. The smallest absolute Gasteiger partial charge is 0.147 e. The van der Waals surface area contributed by atoms with Crippen molar-refractivity contribution in [1.29, 1.82) is 0 Å². The van der Waals surface area contributed by atoms with Gasteiger partial charge in [-0.2, -0.15) is 0 Å². The molecule has 0 aliphatic rings. The van der Waals surface area contributed by atoms with Gasteiger partial charge < -0.3 is 9.94 Å². The lowest BCUT2D eigenvalue weighted by Gasteiger charge is -2.02. The van der Waals surface area contributed by atoms with Crippen LogP contribution in [0.3, 0.4) is 0 Å². The molecule has 1 rings (SSSR count). The van der Waals surface area contributed by atoms with E-state index in [-0.39, 0.29) is 0 Å². The fraction of sp³-hybridized carbons (Fsp3) is 0.143. The van der Waals surface area contributed by atoms with Gasteiger partial charge in [-0.25, -0.2) is 0 Å². The quantitative estimate of drug-likeness (QED) is 0.478. The average Bonchev–Trinajstić information content (AvgIpc) is 2.08. The Balaban J connectivity index is 3.10. The van der Waals surface area contributed by atoms with Crippen molar-refractivity contribution in [3.8, 4) is 5.75 Å². The Morgan fingerprint density at radius 2 is 2.50 bits per heavy atom. The maximum atomic E-state index is 8.27. The number of oxime groups is 1. The molecule has 0 fully saturated rings. The Kier molecular flexibility index (Phi) is 3.04. The number of aromatic nitrogens is 1. The summed E-state index contributed by atoms with van der Waals surface area (Å²) in [5, 5.41) is 11.1. The number of hydrogen-bond donors (Lipinski definition) is 1. The normalized spacial score (nSPS) is 10.5. The first-order valence-electron chi connectivity index (χ1n) is 3.15. The molecule has 0 aliphatic heterocycles. The highest BCUT2D eigenvalue weighted by atomic mass is 79.9. The minimum atomic E-state index is 0.489. The maximum Gasteiger partial charge on any atom is 0.147 e. The highest BCUT2D eigenvalue weighted by Crippen LogP contribution is 2.19. The third kappa shape index (κ3) is 1.94. The van der Waals surface area contributed by atoms with Gasteiger partial charge in [0.25, 0.3) is 0 Å². The SMILES string of the molecule is COc1cc(Br)cnc1C=NO. The van der Waals surface area contributed by atoms with Crippen molar-refractivity contribution < 1.29 is 9.94 Å². The molecule has 5 heteroatoms. The monoisotopic (exact) mass is 230 g/mol. The van der Waals surface area contributed by atoms with Crippen molar-refractivity contribution >= 4 is 22.1 Å². The molecule has 0 saturated carbocycles. The lowest BCUT2D eigenvalue weighted by atomic mass is 10.3. The van der Waals surface area contributed by atoms with Crippen molar-refractivity contribution in [3.05, 3.63) is 22.4 Å². The predicted molar refractivity (Wildman–Crippen MR) is 47.9 cm³/mol. The number of hydrogen-bond acceptors (Lipinski definition) is 4. The van der Waals surface area contributed by atoms with Crippen LogP contribution in [0.25, 0.3) is 0 Å². The van der Waals surface area contributed by atoms with E-state index >= 15 is 0 Å². The molecule has 1 aromatic rings. The van der Waals surface area contributed by atoms with Gasteiger partial charge in [0.15, 0.2) is 0 Å². The van der Waals surface area contributed by atoms with Gasteiger partial charge in [0.1, 0.15) is 11.4 Å². The van der Waals surface area contributed by atoms with E-state index in [1.54, 1.807) is 12.3 Å². The first kappa shape index (κ1) is 8.99. The van der Waals surface area contributed by atoms with Gasteiger partial charge in [-0.05, 0) is 22.0 Å². The molecule has 0 amide bonds. The van der Waals surface area contributed by atoms with E-state index in [1.807, 2.05) is 0 Å². The molecule has 1 heterocycles. The Bertz CT molecular complexity index is 301. The molecule has 1 N–H and O–H groups in total. The summed E-state index contributed by atoms with van der Waals surface area (Å²) < 4.78 is 5.80. The number of pyridine rings is 1. The number of methoxy groups -OCH3 is 1. The van der Waals surface area contributed by atoms with Crippen molar-refractivity contribution in [1.82, 2.24) is 4.98 Å². The minimum absolute atomic E-state index is 0.489. The molecule has 0 saturated heterocycles. The molecule has 64 valence electrons. The van der Waals surface area contributed by atoms with Crippen molar-refractivity contribution in [2.75, 3.05) is 7.11 Å². The first-order valence-corrected chi connectivity index (χ1v) is 3.94. The summed E-state index contributed by atoms with van der Waals surface area (Å²) in [6.45, 7) is 0. The van der Waals surface area contributed by atoms with Crippen molar-refractivity contribution in [2.24, 2.45) is 5.16 Å². The van der Waals surface area contributed by atoms with Crippen LogP contribution in [0.4, 0.5) is 0 Å². The second-order valence-corrected chi connectivity index (χ2v) is 2.90. The number of ether oxygens (including phenoxy) is 1. The van der Waals surface area contributed by atoms with E-state index in [4.69, 9.17) is 9.94 Å². The van der Waals surface area contributed by atoms with Gasteiger partial charge in [-0.15, -0.1) is 0 Å². The summed E-state index contributed by atoms with van der Waals surface area (Å²) in [6.07, 6.45) is 2.81. The summed E-state index contributed by atoms with van der Waals surface area (Å²) in [5.74, 6) is 0.558. The number of nitrogens with zero attached hydrogens (tertiary/aromatic N) is 2. The van der Waals surface area contributed by atoms with Gasteiger partial charge in [0.2, 0.25) is 0 Å². The zero-order valence-corrected chi connectivity index (χ0v) is 7.95. The van der Waals surface area contributed by atoms with Crippen LogP contribution in [0.15, 0.2) is 21.9 Å². The molecular weight excluding hydrogens is 224 g/mol. The van der Waals surface area contributed by atoms with Crippen LogP contribution in [0.2, 0.25) is 0 Å². The number of rotatable bonds is 2. The summed E-state index contributed by atoms with van der Waals surface area (Å²) in [4.78, 5) is 3.96. The van der Waals surface area contributed by atoms with Crippen LogP contribution in [-0.4, -0.2) is 23.5 Å². The Hall–Kier alpha value is -1.10. The van der Waals surface area contributed by atoms with E-state index in [2.05, 4.69) is 26.1 Å². The molecule has 0 spiro atoms. The Morgan fingerprint density at radius 1 is 1.75 bits per heavy atom. The van der Waals surface area contributed by atoms with E-state index < -0.39 is 0 Å². The molecule has 0 aromatic carbocycles. The van der Waals surface area contributed by atoms with Crippen molar-refractivity contribution in [3.63, 3.8) is 0 Å². The molecule has 0 atom stereocenters. The van der Waals surface area contributed by atoms with Crippen LogP contribution < -0.4 is 4.74 Å². The van der Waals surface area contributed by atoms with E-state index in [1.165, 1.54) is 13.3 Å². The fourth-order valence-electron chi connectivity index (χ4n) is 0.746. The van der Waals surface area contributed by atoms with E-state index in [9.17, 15) is 0 Å². The molecular formula is C7H7BrN2O2. The highest BCUT2D eigenvalue weighted by molar-refractivity contribution is 9.10. The van der Waals surface area contributed by atoms with Crippen LogP contribution >= 0.6 is 15.9 Å². The molecule has 4 nitrogen and oxygen atoms in total. The van der Waals surface area contributed by atoms with Crippen molar-refractivity contribution in [2.45, 2.75) is 0 Å². The van der Waals surface area contributed by atoms with Crippen LogP contribution in [0.1, 0.15) is 5.69 Å². The average molecular weight is 231 g/mol. The number of halogens is 1. The third-order valence-electron chi connectivity index (χ3n) is 1.25. The molecule has 0 bridgehead atoms. The molecule has 0 aliphatic carbocycles. The second kappa shape index (κ2) is 4.06. The summed E-state index contributed by atoms with van der Waals surface area (Å²) in [7, 11) is 1.53. The second-order valence-electron chi connectivity index (χ2n) is 1.99. The summed E-state index contributed by atoms with van der Waals surface area (Å²) >= 11 is 3.24. The lowest BCUT2D eigenvalue weighted by molar-refractivity contribution is 0.321.